The second-order valence-corrected chi connectivity index (χ2v) is 9.79. The molecule has 0 amide bonds. The predicted molar refractivity (Wildman–Crippen MR) is 166 cm³/mol. The van der Waals surface area contributed by atoms with Crippen molar-refractivity contribution in [3.05, 3.63) is 97.1 Å². The maximum Gasteiger partial charge on any atom is 0.164 e. The van der Waals surface area contributed by atoms with Crippen LogP contribution in [0.1, 0.15) is 0 Å². The average molecular weight is 549 g/mol. The van der Waals surface area contributed by atoms with Gasteiger partial charge in [0, 0.05) is 43.8 Å². The first-order valence-corrected chi connectivity index (χ1v) is 13.0. The zero-order chi connectivity index (χ0) is 26.2. The Labute approximate surface area is 239 Å². The van der Waals surface area contributed by atoms with Gasteiger partial charge in [0.05, 0.1) is 0 Å². The smallest absolute Gasteiger partial charge is 0.164 e. The number of aromatic amines is 2. The molecule has 0 saturated carbocycles. The molecule has 2 aliphatic heterocycles. The molecule has 7 aromatic rings. The Bertz CT molecular complexity index is 2030. The minimum Gasteiger partial charge on any atom is -0.324 e. The summed E-state index contributed by atoms with van der Waals surface area (Å²) in [5.74, 6) is 2.39. The van der Waals surface area contributed by atoms with E-state index in [1.54, 1.807) is 0 Å². The fourth-order valence-corrected chi connectivity index (χ4v) is 5.59. The highest BCUT2D eigenvalue weighted by Crippen LogP contribution is 2.36. The van der Waals surface area contributed by atoms with Gasteiger partial charge in [0.25, 0.3) is 0 Å². The van der Waals surface area contributed by atoms with Gasteiger partial charge in [-0.2, -0.15) is 13.5 Å². The maximum atomic E-state index is 5.02. The summed E-state index contributed by atoms with van der Waals surface area (Å²) in [5.41, 5.74) is 6.45. The molecule has 0 atom stereocenters. The van der Waals surface area contributed by atoms with Crippen molar-refractivity contribution in [2.45, 2.75) is 0 Å². The highest BCUT2D eigenvalue weighted by atomic mass is 32.1. The molecule has 2 aliphatic rings. The zero-order valence-corrected chi connectivity index (χ0v) is 22.4. The lowest BCUT2D eigenvalue weighted by atomic mass is 10.1. The lowest BCUT2D eigenvalue weighted by molar-refractivity contribution is 1.19. The van der Waals surface area contributed by atoms with E-state index < -0.39 is 0 Å². The Morgan fingerprint density at radius 3 is 0.829 bits per heavy atom. The lowest BCUT2D eigenvalue weighted by Crippen LogP contribution is -1.82. The fourth-order valence-electron chi connectivity index (χ4n) is 5.59. The van der Waals surface area contributed by atoms with Gasteiger partial charge in [-0.1, -0.05) is 97.1 Å². The second-order valence-electron chi connectivity index (χ2n) is 9.79. The summed E-state index contributed by atoms with van der Waals surface area (Å²) in [4.78, 5) is 36.8. The number of H-pyrrole nitrogens is 2. The highest BCUT2D eigenvalue weighted by molar-refractivity contribution is 7.59. The molecule has 194 valence electrons. The number of rotatable bonds is 0. The molecule has 8 bridgehead atoms. The van der Waals surface area contributed by atoms with Crippen LogP contribution in [0.5, 0.6) is 0 Å². The average Bonchev–Trinajstić information content (AvgIpc) is 3.73. The van der Waals surface area contributed by atoms with Crippen LogP contribution in [0.2, 0.25) is 0 Å². The van der Waals surface area contributed by atoms with Gasteiger partial charge >= 0.3 is 0 Å². The van der Waals surface area contributed by atoms with Crippen LogP contribution in [0.3, 0.4) is 0 Å². The van der Waals surface area contributed by atoms with E-state index >= 15 is 0 Å². The van der Waals surface area contributed by atoms with E-state index in [1.165, 1.54) is 0 Å². The number of nitrogens with zero attached hydrogens (tertiary/aromatic N) is 6. The van der Waals surface area contributed by atoms with Gasteiger partial charge in [0.15, 0.2) is 23.3 Å². The maximum absolute atomic E-state index is 5.02. The first-order valence-electron chi connectivity index (χ1n) is 13.0. The van der Waals surface area contributed by atoms with Crippen LogP contribution in [-0.4, -0.2) is 39.9 Å². The molecule has 2 N–H and O–H groups in total. The number of hydrogen-bond acceptors (Lipinski definition) is 6. The van der Waals surface area contributed by atoms with Crippen LogP contribution in [0.4, 0.5) is 0 Å². The molecule has 8 nitrogen and oxygen atoms in total. The van der Waals surface area contributed by atoms with E-state index in [2.05, 4.69) is 9.97 Å². The van der Waals surface area contributed by atoms with Crippen molar-refractivity contribution in [2.75, 3.05) is 0 Å². The van der Waals surface area contributed by atoms with Crippen LogP contribution in [-0.2, 0) is 0 Å². The van der Waals surface area contributed by atoms with Crippen molar-refractivity contribution in [3.8, 4) is 45.6 Å². The molecular weight excluding hydrogens is 528 g/mol. The van der Waals surface area contributed by atoms with Crippen LogP contribution >= 0.6 is 13.5 Å². The lowest BCUT2D eigenvalue weighted by Gasteiger charge is -1.96. The molecule has 0 radical (unpaired) electrons. The molecule has 0 unspecified atom stereocenters. The van der Waals surface area contributed by atoms with Crippen LogP contribution in [0.25, 0.3) is 89.7 Å². The molecule has 41 heavy (non-hydrogen) atoms. The molecule has 4 aromatic carbocycles. The number of benzene rings is 4. The number of aromatic nitrogens is 8. The first-order chi connectivity index (χ1) is 19.8. The zero-order valence-electron chi connectivity index (χ0n) is 21.4. The van der Waals surface area contributed by atoms with E-state index in [4.69, 9.17) is 29.9 Å². The van der Waals surface area contributed by atoms with Crippen molar-refractivity contribution in [1.82, 2.24) is 39.9 Å². The Morgan fingerprint density at radius 1 is 0.317 bits per heavy atom. The van der Waals surface area contributed by atoms with Crippen LogP contribution in [0, 0.1) is 0 Å². The van der Waals surface area contributed by atoms with Crippen LogP contribution in [0.15, 0.2) is 97.1 Å². The molecule has 9 rings (SSSR count). The van der Waals surface area contributed by atoms with Gasteiger partial charge in [-0.15, -0.1) is 0 Å². The monoisotopic (exact) mass is 548 g/mol. The van der Waals surface area contributed by atoms with E-state index in [1.807, 2.05) is 97.1 Å². The molecule has 0 fully saturated rings. The molecule has 3 aromatic heterocycles. The van der Waals surface area contributed by atoms with Crippen molar-refractivity contribution >= 4 is 57.6 Å². The summed E-state index contributed by atoms with van der Waals surface area (Å²) in [7, 11) is 0. The Morgan fingerprint density at radius 2 is 0.561 bits per heavy atom. The molecule has 0 spiro atoms. The van der Waals surface area contributed by atoms with E-state index in [-0.39, 0.29) is 13.5 Å². The first kappa shape index (κ1) is 23.5. The van der Waals surface area contributed by atoms with E-state index in [0.717, 1.165) is 43.8 Å². The van der Waals surface area contributed by atoms with E-state index in [0.29, 0.717) is 45.9 Å². The summed E-state index contributed by atoms with van der Waals surface area (Å²) >= 11 is 0. The van der Waals surface area contributed by atoms with Crippen molar-refractivity contribution in [3.63, 3.8) is 0 Å². The summed E-state index contributed by atoms with van der Waals surface area (Å²) in [5, 5.41) is 3.82. The summed E-state index contributed by atoms with van der Waals surface area (Å²) < 4.78 is 0. The van der Waals surface area contributed by atoms with Gasteiger partial charge in [0.1, 0.15) is 22.6 Å². The van der Waals surface area contributed by atoms with Crippen molar-refractivity contribution in [1.29, 1.82) is 0 Å². The van der Waals surface area contributed by atoms with Gasteiger partial charge < -0.3 is 9.97 Å². The summed E-state index contributed by atoms with van der Waals surface area (Å²) in [6, 6.07) is 32.2. The van der Waals surface area contributed by atoms with Crippen molar-refractivity contribution in [2.24, 2.45) is 0 Å². The Balaban J connectivity index is 0.00000256. The second kappa shape index (κ2) is 8.80. The number of fused-ring (bicyclic) bond motifs is 20. The molecule has 0 saturated heterocycles. The minimum atomic E-state index is 0. The molecular formula is C32H20N8S. The SMILES string of the molecule is S.c1ccc2c(c1)-c1nc-2nc2[nH]c(nc3nc(nc4[nH]c(n1)c1ccccc41)-c1ccccc1-3)c1ccccc21. The quantitative estimate of drug-likeness (QED) is 0.212. The molecule has 0 aliphatic carbocycles. The predicted octanol–water partition coefficient (Wildman–Crippen LogP) is 6.98. The normalized spacial score (nSPS) is 11.7. The summed E-state index contributed by atoms with van der Waals surface area (Å²) in [6.45, 7) is 0. The van der Waals surface area contributed by atoms with Crippen LogP contribution < -0.4 is 0 Å². The number of nitrogens with one attached hydrogen (secondary N) is 2. The third-order valence-electron chi connectivity index (χ3n) is 7.46. The number of hydrogen-bond donors (Lipinski definition) is 2. The highest BCUT2D eigenvalue weighted by Gasteiger charge is 2.21. The standard InChI is InChI=1S/C32H18N8.H2S/c1-2-10-18-17(9-1)25-33-26(18)38-28-21-13-5-6-14-22(21)30(35-28)40-32-24-16-8-7-15-23(24)31(36-32)39-29-20-12-4-3-11-19(20)27(34-29)37-25;/h1-16H,(H2,33,34,35,36,37,38,39,40);1H2. The van der Waals surface area contributed by atoms with Crippen molar-refractivity contribution < 1.29 is 0 Å². The van der Waals surface area contributed by atoms with Gasteiger partial charge in [0.2, 0.25) is 0 Å². The Hall–Kier alpha value is -5.41. The third kappa shape index (κ3) is 3.49. The van der Waals surface area contributed by atoms with Gasteiger partial charge in [-0.3, -0.25) is 0 Å². The molecule has 9 heteroatoms. The van der Waals surface area contributed by atoms with Gasteiger partial charge in [-0.25, -0.2) is 29.9 Å². The largest absolute Gasteiger partial charge is 0.324 e. The molecule has 5 heterocycles. The fraction of sp³-hybridized carbons (Fsp3) is 0. The van der Waals surface area contributed by atoms with Gasteiger partial charge in [-0.05, 0) is 0 Å². The topological polar surface area (TPSA) is 109 Å². The Kier molecular flexibility index (Phi) is 5.04. The summed E-state index contributed by atoms with van der Waals surface area (Å²) in [6.07, 6.45) is 0. The third-order valence-corrected chi connectivity index (χ3v) is 7.46. The van der Waals surface area contributed by atoms with E-state index in [9.17, 15) is 0 Å². The minimum absolute atomic E-state index is 0.